The van der Waals surface area contributed by atoms with Crippen LogP contribution in [0.4, 0.5) is 0 Å². The molecule has 2 heterocycles. The Morgan fingerprint density at radius 1 is 1.45 bits per heavy atom. The Labute approximate surface area is 134 Å². The van der Waals surface area contributed by atoms with E-state index in [1.807, 2.05) is 14.0 Å². The number of rotatable bonds is 6. The zero-order chi connectivity index (χ0) is 16.2. The lowest BCUT2D eigenvalue weighted by Crippen LogP contribution is -2.40. The smallest absolute Gasteiger partial charge is 0.252 e. The Morgan fingerprint density at radius 2 is 2.14 bits per heavy atom. The summed E-state index contributed by atoms with van der Waals surface area (Å²) in [6, 6.07) is 1.59. The average molecular weight is 347 g/mol. The van der Waals surface area contributed by atoms with E-state index in [0.29, 0.717) is 38.4 Å². The van der Waals surface area contributed by atoms with Crippen molar-refractivity contribution >= 4 is 27.3 Å². The molecule has 1 aromatic rings. The van der Waals surface area contributed by atoms with Crippen molar-refractivity contribution in [2.75, 3.05) is 39.9 Å². The second-order valence-corrected chi connectivity index (χ2v) is 8.15. The van der Waals surface area contributed by atoms with Gasteiger partial charge in [0.1, 0.15) is 4.21 Å². The Kier molecular flexibility index (Phi) is 5.93. The summed E-state index contributed by atoms with van der Waals surface area (Å²) in [5.74, 6) is -0.262. The van der Waals surface area contributed by atoms with Gasteiger partial charge in [-0.1, -0.05) is 0 Å². The summed E-state index contributed by atoms with van der Waals surface area (Å²) in [5.41, 5.74) is 0.375. The number of likely N-dealkylation sites (N-methyl/N-ethyl adjacent to an activating group) is 1. The molecule has 0 saturated carbocycles. The summed E-state index contributed by atoms with van der Waals surface area (Å²) >= 11 is 1.07. The largest absolute Gasteiger partial charge is 0.379 e. The molecule has 1 aliphatic heterocycles. The molecule has 9 heteroatoms. The van der Waals surface area contributed by atoms with Gasteiger partial charge in [-0.05, 0) is 20.0 Å². The number of nitrogens with zero attached hydrogens (tertiary/aromatic N) is 1. The fraction of sp³-hybridized carbons (Fsp3) is 0.615. The molecule has 22 heavy (non-hydrogen) atoms. The van der Waals surface area contributed by atoms with E-state index in [-0.39, 0.29) is 16.2 Å². The Hall–Kier alpha value is -1.00. The van der Waals surface area contributed by atoms with E-state index in [4.69, 9.17) is 4.74 Å². The first-order valence-electron chi connectivity index (χ1n) is 7.07. The van der Waals surface area contributed by atoms with E-state index in [0.717, 1.165) is 11.3 Å². The number of carbonyl (C=O) groups is 1. The SMILES string of the molecule is CNC(C)CNC(=O)c1csc(S(=O)(=O)N2CCOCC2)c1. The van der Waals surface area contributed by atoms with Gasteiger partial charge in [0.2, 0.25) is 0 Å². The second-order valence-electron chi connectivity index (χ2n) is 5.07. The minimum atomic E-state index is -3.53. The third-order valence-corrected chi connectivity index (χ3v) is 6.78. The van der Waals surface area contributed by atoms with Crippen molar-refractivity contribution in [1.29, 1.82) is 0 Å². The number of nitrogens with one attached hydrogen (secondary N) is 2. The molecule has 124 valence electrons. The minimum Gasteiger partial charge on any atom is -0.379 e. The molecule has 2 N–H and O–H groups in total. The molecule has 0 spiro atoms. The van der Waals surface area contributed by atoms with Gasteiger partial charge in [-0.2, -0.15) is 4.31 Å². The van der Waals surface area contributed by atoms with Crippen LogP contribution < -0.4 is 10.6 Å². The van der Waals surface area contributed by atoms with Crippen molar-refractivity contribution in [3.8, 4) is 0 Å². The van der Waals surface area contributed by atoms with Gasteiger partial charge in [-0.15, -0.1) is 11.3 Å². The summed E-state index contributed by atoms with van der Waals surface area (Å²) in [6.45, 7) is 3.93. The predicted octanol–water partition coefficient (Wildman–Crippen LogP) is 0.107. The number of sulfonamides is 1. The predicted molar refractivity (Wildman–Crippen MR) is 84.8 cm³/mol. The number of hydrogen-bond donors (Lipinski definition) is 2. The highest BCUT2D eigenvalue weighted by molar-refractivity contribution is 7.91. The number of ether oxygens (including phenoxy) is 1. The first-order chi connectivity index (χ1) is 10.4. The zero-order valence-corrected chi connectivity index (χ0v) is 14.3. The molecule has 1 amide bonds. The molecule has 0 aliphatic carbocycles. The Morgan fingerprint density at radius 3 is 2.77 bits per heavy atom. The number of morpholine rings is 1. The zero-order valence-electron chi connectivity index (χ0n) is 12.7. The van der Waals surface area contributed by atoms with Crippen molar-refractivity contribution in [3.05, 3.63) is 17.0 Å². The molecule has 0 radical (unpaired) electrons. The highest BCUT2D eigenvalue weighted by Crippen LogP contribution is 2.24. The summed E-state index contributed by atoms with van der Waals surface area (Å²) in [4.78, 5) is 12.0. The molecule has 1 saturated heterocycles. The van der Waals surface area contributed by atoms with Gasteiger partial charge in [0.25, 0.3) is 15.9 Å². The normalized spacial score (nSPS) is 18.1. The van der Waals surface area contributed by atoms with Crippen molar-refractivity contribution in [2.24, 2.45) is 0 Å². The Balaban J connectivity index is 2.05. The van der Waals surface area contributed by atoms with E-state index in [9.17, 15) is 13.2 Å². The van der Waals surface area contributed by atoms with Crippen LogP contribution in [0.1, 0.15) is 17.3 Å². The summed E-state index contributed by atoms with van der Waals surface area (Å²) < 4.78 is 31.7. The van der Waals surface area contributed by atoms with Gasteiger partial charge in [-0.3, -0.25) is 4.79 Å². The minimum absolute atomic E-state index is 0.152. The topological polar surface area (TPSA) is 87.7 Å². The lowest BCUT2D eigenvalue weighted by molar-refractivity contribution is 0.0731. The van der Waals surface area contributed by atoms with E-state index >= 15 is 0 Å². The monoisotopic (exact) mass is 347 g/mol. The highest BCUT2D eigenvalue weighted by atomic mass is 32.2. The quantitative estimate of drug-likeness (QED) is 0.762. The summed E-state index contributed by atoms with van der Waals surface area (Å²) in [5, 5.41) is 7.36. The maximum Gasteiger partial charge on any atom is 0.252 e. The molecule has 2 rings (SSSR count). The molecule has 1 fully saturated rings. The van der Waals surface area contributed by atoms with Crippen molar-refractivity contribution in [1.82, 2.24) is 14.9 Å². The molecule has 7 nitrogen and oxygen atoms in total. The van der Waals surface area contributed by atoms with Crippen LogP contribution in [0.15, 0.2) is 15.7 Å². The van der Waals surface area contributed by atoms with Gasteiger partial charge in [0.15, 0.2) is 0 Å². The Bertz CT molecular complexity index is 609. The standard InChI is InChI=1S/C13H21N3O4S2/c1-10(14-2)8-15-13(17)11-7-12(21-9-11)22(18,19)16-3-5-20-6-4-16/h7,9-10,14H,3-6,8H2,1-2H3,(H,15,17). The maximum atomic E-state index is 12.5. The highest BCUT2D eigenvalue weighted by Gasteiger charge is 2.28. The number of hydrogen-bond acceptors (Lipinski definition) is 6. The van der Waals surface area contributed by atoms with Crippen LogP contribution in [0.5, 0.6) is 0 Å². The molecule has 0 aromatic carbocycles. The van der Waals surface area contributed by atoms with Gasteiger partial charge >= 0.3 is 0 Å². The van der Waals surface area contributed by atoms with Crippen LogP contribution in [0, 0.1) is 0 Å². The van der Waals surface area contributed by atoms with Crippen LogP contribution in [-0.2, 0) is 14.8 Å². The second kappa shape index (κ2) is 7.51. The van der Waals surface area contributed by atoms with E-state index in [1.165, 1.54) is 10.4 Å². The third-order valence-electron chi connectivity index (χ3n) is 3.46. The molecule has 1 unspecified atom stereocenters. The van der Waals surface area contributed by atoms with Gasteiger partial charge in [0, 0.05) is 31.1 Å². The number of amides is 1. The van der Waals surface area contributed by atoms with Crippen LogP contribution in [0.3, 0.4) is 0 Å². The fourth-order valence-electron chi connectivity index (χ4n) is 1.94. The number of thiophene rings is 1. The molecular weight excluding hydrogens is 326 g/mol. The lowest BCUT2D eigenvalue weighted by atomic mass is 10.3. The number of carbonyl (C=O) groups excluding carboxylic acids is 1. The molecule has 1 atom stereocenters. The van der Waals surface area contributed by atoms with Gasteiger partial charge < -0.3 is 15.4 Å². The van der Waals surface area contributed by atoms with Crippen LogP contribution in [-0.4, -0.2) is 64.6 Å². The molecule has 1 aliphatic rings. The summed E-state index contributed by atoms with van der Waals surface area (Å²) in [7, 11) is -1.72. The van der Waals surface area contributed by atoms with Crippen LogP contribution in [0.25, 0.3) is 0 Å². The first kappa shape index (κ1) is 17.4. The van der Waals surface area contributed by atoms with Crippen LogP contribution in [0.2, 0.25) is 0 Å². The summed E-state index contributed by atoms with van der Waals surface area (Å²) in [6.07, 6.45) is 0. The maximum absolute atomic E-state index is 12.5. The average Bonchev–Trinajstić information content (AvgIpc) is 3.04. The van der Waals surface area contributed by atoms with Gasteiger partial charge in [0.05, 0.1) is 18.8 Å². The van der Waals surface area contributed by atoms with Crippen molar-refractivity contribution < 1.29 is 17.9 Å². The van der Waals surface area contributed by atoms with E-state index < -0.39 is 10.0 Å². The van der Waals surface area contributed by atoms with Crippen LogP contribution >= 0.6 is 11.3 Å². The molecular formula is C13H21N3O4S2. The van der Waals surface area contributed by atoms with Gasteiger partial charge in [-0.25, -0.2) is 8.42 Å². The third kappa shape index (κ3) is 4.05. The van der Waals surface area contributed by atoms with E-state index in [2.05, 4.69) is 10.6 Å². The van der Waals surface area contributed by atoms with E-state index in [1.54, 1.807) is 5.38 Å². The molecule has 1 aromatic heterocycles. The first-order valence-corrected chi connectivity index (χ1v) is 9.39. The lowest BCUT2D eigenvalue weighted by Gasteiger charge is -2.25. The van der Waals surface area contributed by atoms with Crippen molar-refractivity contribution in [2.45, 2.75) is 17.2 Å². The van der Waals surface area contributed by atoms with Crippen molar-refractivity contribution in [3.63, 3.8) is 0 Å². The fourth-order valence-corrected chi connectivity index (χ4v) is 4.66. The molecule has 0 bridgehead atoms.